The van der Waals surface area contributed by atoms with Gasteiger partial charge in [0, 0.05) is 5.02 Å². The van der Waals surface area contributed by atoms with Crippen LogP contribution in [-0.2, 0) is 0 Å². The van der Waals surface area contributed by atoms with Crippen molar-refractivity contribution in [3.63, 3.8) is 0 Å². The number of rotatable bonds is 5. The van der Waals surface area contributed by atoms with Crippen LogP contribution >= 0.6 is 11.6 Å². The molecule has 0 saturated heterocycles. The second kappa shape index (κ2) is 7.11. The fraction of sp³-hybridized carbons (Fsp3) is 0.368. The molecule has 0 fully saturated rings. The van der Waals surface area contributed by atoms with Crippen molar-refractivity contribution in [2.75, 3.05) is 6.54 Å². The van der Waals surface area contributed by atoms with Crippen molar-refractivity contribution >= 4 is 11.6 Å². The van der Waals surface area contributed by atoms with Gasteiger partial charge in [-0.05, 0) is 62.1 Å². The van der Waals surface area contributed by atoms with Gasteiger partial charge < -0.3 is 5.32 Å². The van der Waals surface area contributed by atoms with Crippen molar-refractivity contribution in [3.05, 3.63) is 69.2 Å². The number of hydrogen-bond donors (Lipinski definition) is 1. The van der Waals surface area contributed by atoms with Crippen molar-refractivity contribution in [1.29, 1.82) is 0 Å². The molecule has 21 heavy (non-hydrogen) atoms. The zero-order valence-corrected chi connectivity index (χ0v) is 14.1. The molecule has 112 valence electrons. The van der Waals surface area contributed by atoms with Gasteiger partial charge in [-0.1, -0.05) is 54.4 Å². The molecule has 0 bridgehead atoms. The molecule has 0 saturated carbocycles. The maximum Gasteiger partial charge on any atom is 0.0591 e. The molecule has 2 heteroatoms. The predicted molar refractivity (Wildman–Crippen MR) is 92.2 cm³/mol. The summed E-state index contributed by atoms with van der Waals surface area (Å²) in [6.45, 7) is 9.53. The average molecular weight is 302 g/mol. The standard InChI is InChI=1S/C19H24ClN/c1-5-9-21-19(16-8-6-7-13(2)10-16)17-11-14(3)15(4)12-18(17)20/h6-8,10-12,19,21H,5,9H2,1-4H3. The number of aryl methyl sites for hydroxylation is 3. The van der Waals surface area contributed by atoms with Crippen LogP contribution in [0.2, 0.25) is 5.02 Å². The number of nitrogens with one attached hydrogen (secondary N) is 1. The highest BCUT2D eigenvalue weighted by molar-refractivity contribution is 6.31. The smallest absolute Gasteiger partial charge is 0.0591 e. The molecule has 0 amide bonds. The molecular formula is C19H24ClN. The van der Waals surface area contributed by atoms with E-state index in [0.717, 1.165) is 18.0 Å². The van der Waals surface area contributed by atoms with Gasteiger partial charge in [0.2, 0.25) is 0 Å². The molecule has 1 unspecified atom stereocenters. The van der Waals surface area contributed by atoms with Crippen LogP contribution in [0.25, 0.3) is 0 Å². The molecule has 1 atom stereocenters. The predicted octanol–water partition coefficient (Wildman–Crippen LogP) is 5.35. The van der Waals surface area contributed by atoms with E-state index in [1.165, 1.54) is 27.8 Å². The SMILES string of the molecule is CCCNC(c1cccc(C)c1)c1cc(C)c(C)cc1Cl. The van der Waals surface area contributed by atoms with E-state index < -0.39 is 0 Å². The Bertz CT molecular complexity index is 619. The zero-order chi connectivity index (χ0) is 15.4. The fourth-order valence-corrected chi connectivity index (χ4v) is 2.90. The van der Waals surface area contributed by atoms with Gasteiger partial charge in [0.05, 0.1) is 6.04 Å². The number of hydrogen-bond acceptors (Lipinski definition) is 1. The maximum absolute atomic E-state index is 6.52. The van der Waals surface area contributed by atoms with Crippen LogP contribution in [0.3, 0.4) is 0 Å². The Morgan fingerprint density at radius 2 is 1.76 bits per heavy atom. The molecule has 0 spiro atoms. The summed E-state index contributed by atoms with van der Waals surface area (Å²) in [4.78, 5) is 0. The summed E-state index contributed by atoms with van der Waals surface area (Å²) >= 11 is 6.52. The lowest BCUT2D eigenvalue weighted by Crippen LogP contribution is -2.23. The summed E-state index contributed by atoms with van der Waals surface area (Å²) in [7, 11) is 0. The second-order valence-electron chi connectivity index (χ2n) is 5.76. The second-order valence-corrected chi connectivity index (χ2v) is 6.17. The lowest BCUT2D eigenvalue weighted by molar-refractivity contribution is 0.598. The van der Waals surface area contributed by atoms with Crippen molar-refractivity contribution < 1.29 is 0 Å². The average Bonchev–Trinajstić information content (AvgIpc) is 2.44. The van der Waals surface area contributed by atoms with Gasteiger partial charge in [-0.3, -0.25) is 0 Å². The van der Waals surface area contributed by atoms with Crippen molar-refractivity contribution in [2.24, 2.45) is 0 Å². The Morgan fingerprint density at radius 1 is 1.05 bits per heavy atom. The first-order chi connectivity index (χ1) is 10.0. The fourth-order valence-electron chi connectivity index (χ4n) is 2.57. The normalized spacial score (nSPS) is 12.4. The van der Waals surface area contributed by atoms with Crippen LogP contribution in [0.5, 0.6) is 0 Å². The van der Waals surface area contributed by atoms with Crippen LogP contribution in [0.15, 0.2) is 36.4 Å². The quantitative estimate of drug-likeness (QED) is 0.784. The summed E-state index contributed by atoms with van der Waals surface area (Å²) in [5.74, 6) is 0. The summed E-state index contributed by atoms with van der Waals surface area (Å²) in [6.07, 6.45) is 1.10. The van der Waals surface area contributed by atoms with Crippen molar-refractivity contribution in [1.82, 2.24) is 5.32 Å². The van der Waals surface area contributed by atoms with Gasteiger partial charge in [-0.15, -0.1) is 0 Å². The van der Waals surface area contributed by atoms with Gasteiger partial charge in [0.15, 0.2) is 0 Å². The third-order valence-corrected chi connectivity index (χ3v) is 4.23. The minimum Gasteiger partial charge on any atom is -0.306 e. The van der Waals surface area contributed by atoms with E-state index in [9.17, 15) is 0 Å². The lowest BCUT2D eigenvalue weighted by Gasteiger charge is -2.22. The van der Waals surface area contributed by atoms with Crippen molar-refractivity contribution in [3.8, 4) is 0 Å². The van der Waals surface area contributed by atoms with E-state index in [2.05, 4.69) is 69.4 Å². The Hall–Kier alpha value is -1.31. The molecule has 2 rings (SSSR count). The van der Waals surface area contributed by atoms with Gasteiger partial charge in [0.25, 0.3) is 0 Å². The molecule has 2 aromatic carbocycles. The van der Waals surface area contributed by atoms with E-state index >= 15 is 0 Å². The highest BCUT2D eigenvalue weighted by Gasteiger charge is 2.17. The minimum atomic E-state index is 0.150. The molecule has 1 N–H and O–H groups in total. The third kappa shape index (κ3) is 3.87. The Labute approximate surface area is 133 Å². The van der Waals surface area contributed by atoms with E-state index in [1.807, 2.05) is 0 Å². The Kier molecular flexibility index (Phi) is 5.44. The first-order valence-electron chi connectivity index (χ1n) is 7.59. The van der Waals surface area contributed by atoms with Crippen LogP contribution in [0, 0.1) is 20.8 Å². The molecule has 0 radical (unpaired) electrons. The molecular weight excluding hydrogens is 278 g/mol. The van der Waals surface area contributed by atoms with E-state index in [0.29, 0.717) is 0 Å². The molecule has 2 aromatic rings. The first-order valence-corrected chi connectivity index (χ1v) is 7.97. The summed E-state index contributed by atoms with van der Waals surface area (Å²) in [6, 6.07) is 13.1. The Balaban J connectivity index is 2.47. The topological polar surface area (TPSA) is 12.0 Å². The molecule has 0 aliphatic heterocycles. The maximum atomic E-state index is 6.52. The molecule has 0 aromatic heterocycles. The van der Waals surface area contributed by atoms with Crippen LogP contribution in [0.1, 0.15) is 47.2 Å². The first kappa shape index (κ1) is 16.1. The minimum absolute atomic E-state index is 0.150. The third-order valence-electron chi connectivity index (χ3n) is 3.90. The van der Waals surface area contributed by atoms with Crippen LogP contribution < -0.4 is 5.32 Å². The highest BCUT2D eigenvalue weighted by Crippen LogP contribution is 2.31. The number of benzene rings is 2. The van der Waals surface area contributed by atoms with Gasteiger partial charge in [0.1, 0.15) is 0 Å². The zero-order valence-electron chi connectivity index (χ0n) is 13.3. The van der Waals surface area contributed by atoms with Gasteiger partial charge in [-0.2, -0.15) is 0 Å². The van der Waals surface area contributed by atoms with Gasteiger partial charge >= 0.3 is 0 Å². The molecule has 0 aliphatic carbocycles. The summed E-state index contributed by atoms with van der Waals surface area (Å²) in [5.41, 5.74) is 6.23. The van der Waals surface area contributed by atoms with Crippen LogP contribution in [0.4, 0.5) is 0 Å². The highest BCUT2D eigenvalue weighted by atomic mass is 35.5. The van der Waals surface area contributed by atoms with Gasteiger partial charge in [-0.25, -0.2) is 0 Å². The van der Waals surface area contributed by atoms with E-state index in [-0.39, 0.29) is 6.04 Å². The molecule has 0 aliphatic rings. The number of halogens is 1. The summed E-state index contributed by atoms with van der Waals surface area (Å²) in [5, 5.41) is 4.47. The van der Waals surface area contributed by atoms with Crippen LogP contribution in [-0.4, -0.2) is 6.54 Å². The summed E-state index contributed by atoms with van der Waals surface area (Å²) < 4.78 is 0. The largest absolute Gasteiger partial charge is 0.306 e. The lowest BCUT2D eigenvalue weighted by atomic mass is 9.94. The monoisotopic (exact) mass is 301 g/mol. The molecule has 1 nitrogen and oxygen atoms in total. The molecule has 0 heterocycles. The van der Waals surface area contributed by atoms with E-state index in [4.69, 9.17) is 11.6 Å². The Morgan fingerprint density at radius 3 is 2.43 bits per heavy atom. The van der Waals surface area contributed by atoms with E-state index in [1.54, 1.807) is 0 Å². The van der Waals surface area contributed by atoms with Crippen molar-refractivity contribution in [2.45, 2.75) is 40.2 Å².